The summed E-state index contributed by atoms with van der Waals surface area (Å²) in [6.45, 7) is 4.88. The fourth-order valence-corrected chi connectivity index (χ4v) is 2.45. The molecule has 0 saturated carbocycles. The number of aromatic hydroxyl groups is 1. The van der Waals surface area contributed by atoms with E-state index in [1.54, 1.807) is 29.2 Å². The molecule has 2 amide bonds. The maximum absolute atomic E-state index is 12.6. The lowest BCUT2D eigenvalue weighted by molar-refractivity contribution is -0.135. The Morgan fingerprint density at radius 2 is 2.00 bits per heavy atom. The van der Waals surface area contributed by atoms with Crippen molar-refractivity contribution >= 4 is 11.8 Å². The zero-order chi connectivity index (χ0) is 15.4. The van der Waals surface area contributed by atoms with Gasteiger partial charge in [-0.15, -0.1) is 0 Å². The van der Waals surface area contributed by atoms with Crippen LogP contribution in [0.2, 0.25) is 0 Å². The van der Waals surface area contributed by atoms with Gasteiger partial charge >= 0.3 is 0 Å². The van der Waals surface area contributed by atoms with Gasteiger partial charge < -0.3 is 15.3 Å². The van der Waals surface area contributed by atoms with E-state index in [1.165, 1.54) is 0 Å². The van der Waals surface area contributed by atoms with Crippen molar-refractivity contribution in [1.82, 2.24) is 10.2 Å². The van der Waals surface area contributed by atoms with Gasteiger partial charge in [-0.2, -0.15) is 0 Å². The number of carbonyl (C=O) groups is 2. The molecule has 1 aliphatic rings. The molecule has 0 aromatic heterocycles. The quantitative estimate of drug-likeness (QED) is 0.886. The van der Waals surface area contributed by atoms with Gasteiger partial charge in [-0.3, -0.25) is 9.59 Å². The molecule has 2 rings (SSSR count). The minimum atomic E-state index is -0.442. The van der Waals surface area contributed by atoms with Gasteiger partial charge in [-0.25, -0.2) is 0 Å². The van der Waals surface area contributed by atoms with Crippen molar-refractivity contribution in [3.05, 3.63) is 29.8 Å². The number of hydrogen-bond donors (Lipinski definition) is 2. The van der Waals surface area contributed by atoms with Crippen LogP contribution < -0.4 is 5.32 Å². The van der Waals surface area contributed by atoms with Gasteiger partial charge in [0.1, 0.15) is 11.8 Å². The van der Waals surface area contributed by atoms with Crippen LogP contribution in [0.3, 0.4) is 0 Å². The van der Waals surface area contributed by atoms with E-state index in [0.717, 1.165) is 12.0 Å². The summed E-state index contributed by atoms with van der Waals surface area (Å²) in [6.07, 6.45) is 1.17. The number of rotatable bonds is 4. The first-order valence-electron chi connectivity index (χ1n) is 7.37. The van der Waals surface area contributed by atoms with E-state index in [0.29, 0.717) is 19.5 Å². The van der Waals surface area contributed by atoms with E-state index in [1.807, 2.05) is 13.8 Å². The van der Waals surface area contributed by atoms with Gasteiger partial charge in [0.05, 0.1) is 0 Å². The molecule has 1 fully saturated rings. The Kier molecular flexibility index (Phi) is 4.83. The topological polar surface area (TPSA) is 69.6 Å². The first-order valence-corrected chi connectivity index (χ1v) is 7.37. The van der Waals surface area contributed by atoms with Crippen LogP contribution in [0.1, 0.15) is 32.3 Å². The van der Waals surface area contributed by atoms with Gasteiger partial charge in [0.2, 0.25) is 11.8 Å². The van der Waals surface area contributed by atoms with Crippen molar-refractivity contribution in [2.24, 2.45) is 5.92 Å². The van der Waals surface area contributed by atoms with E-state index in [4.69, 9.17) is 0 Å². The summed E-state index contributed by atoms with van der Waals surface area (Å²) in [5.74, 6) is 0.224. The molecule has 114 valence electrons. The predicted molar refractivity (Wildman–Crippen MR) is 79.5 cm³/mol. The highest BCUT2D eigenvalue weighted by Crippen LogP contribution is 2.17. The van der Waals surface area contributed by atoms with Gasteiger partial charge in [-0.1, -0.05) is 32.4 Å². The molecule has 0 bridgehead atoms. The van der Waals surface area contributed by atoms with E-state index in [2.05, 4.69) is 5.32 Å². The molecular formula is C16H22N2O3. The smallest absolute Gasteiger partial charge is 0.245 e. The van der Waals surface area contributed by atoms with Gasteiger partial charge in [0.15, 0.2) is 0 Å². The largest absolute Gasteiger partial charge is 0.508 e. The Balaban J connectivity index is 2.15. The minimum Gasteiger partial charge on any atom is -0.508 e. The average Bonchev–Trinajstić information content (AvgIpc) is 2.62. The average molecular weight is 290 g/mol. The Bertz CT molecular complexity index is 513. The van der Waals surface area contributed by atoms with Crippen LogP contribution in [0.5, 0.6) is 5.75 Å². The molecule has 21 heavy (non-hydrogen) atoms. The first-order chi connectivity index (χ1) is 10.0. The maximum Gasteiger partial charge on any atom is 0.245 e. The fraction of sp³-hybridized carbons (Fsp3) is 0.500. The van der Waals surface area contributed by atoms with Crippen LogP contribution in [-0.2, 0) is 16.1 Å². The van der Waals surface area contributed by atoms with Crippen LogP contribution in [0.15, 0.2) is 24.3 Å². The summed E-state index contributed by atoms with van der Waals surface area (Å²) in [6, 6.07) is 6.35. The molecule has 1 saturated heterocycles. The SMILES string of the molecule is CCC(C)C1NC(=O)CCN(Cc2ccc(O)cc2)C1=O. The van der Waals surface area contributed by atoms with Crippen LogP contribution in [0, 0.1) is 5.92 Å². The highest BCUT2D eigenvalue weighted by Gasteiger charge is 2.32. The summed E-state index contributed by atoms with van der Waals surface area (Å²) in [5, 5.41) is 12.1. The number of hydrogen-bond acceptors (Lipinski definition) is 3. The van der Waals surface area contributed by atoms with E-state index in [9.17, 15) is 14.7 Å². The number of carbonyl (C=O) groups excluding carboxylic acids is 2. The van der Waals surface area contributed by atoms with Crippen molar-refractivity contribution < 1.29 is 14.7 Å². The second kappa shape index (κ2) is 6.61. The normalized spacial score (nSPS) is 20.9. The van der Waals surface area contributed by atoms with Crippen LogP contribution in [0.25, 0.3) is 0 Å². The summed E-state index contributed by atoms with van der Waals surface area (Å²) >= 11 is 0. The third-order valence-electron chi connectivity index (χ3n) is 4.03. The highest BCUT2D eigenvalue weighted by molar-refractivity contribution is 5.90. The molecule has 0 radical (unpaired) electrons. The van der Waals surface area contributed by atoms with E-state index >= 15 is 0 Å². The Labute approximate surface area is 125 Å². The number of phenolic OH excluding ortho intramolecular Hbond substituents is 1. The number of phenols is 1. The highest BCUT2D eigenvalue weighted by atomic mass is 16.3. The van der Waals surface area contributed by atoms with Crippen molar-refractivity contribution in [2.75, 3.05) is 6.54 Å². The minimum absolute atomic E-state index is 0.0247. The van der Waals surface area contributed by atoms with Crippen molar-refractivity contribution in [3.8, 4) is 5.75 Å². The first kappa shape index (κ1) is 15.4. The van der Waals surface area contributed by atoms with Crippen LogP contribution in [-0.4, -0.2) is 34.4 Å². The lowest BCUT2D eigenvalue weighted by Crippen LogP contribution is -2.48. The standard InChI is InChI=1S/C16H22N2O3/c1-3-11(2)15-16(21)18(9-8-14(20)17-15)10-12-4-6-13(19)7-5-12/h4-7,11,15,19H,3,8-10H2,1-2H3,(H,17,20). The Hall–Kier alpha value is -2.04. The molecule has 2 unspecified atom stereocenters. The van der Waals surface area contributed by atoms with Crippen molar-refractivity contribution in [3.63, 3.8) is 0 Å². The molecule has 1 aliphatic heterocycles. The van der Waals surface area contributed by atoms with Gasteiger partial charge in [-0.05, 0) is 23.6 Å². The molecular weight excluding hydrogens is 268 g/mol. The molecule has 5 nitrogen and oxygen atoms in total. The molecule has 2 N–H and O–H groups in total. The number of amides is 2. The summed E-state index contributed by atoms with van der Waals surface area (Å²) in [4.78, 5) is 26.1. The van der Waals surface area contributed by atoms with Gasteiger partial charge in [0, 0.05) is 19.5 Å². The zero-order valence-corrected chi connectivity index (χ0v) is 12.5. The monoisotopic (exact) mass is 290 g/mol. The lowest BCUT2D eigenvalue weighted by Gasteiger charge is -2.27. The third-order valence-corrected chi connectivity index (χ3v) is 4.03. The fourth-order valence-electron chi connectivity index (χ4n) is 2.45. The molecule has 1 aromatic carbocycles. The second-order valence-electron chi connectivity index (χ2n) is 5.61. The molecule has 2 atom stereocenters. The Morgan fingerprint density at radius 3 is 2.62 bits per heavy atom. The summed E-state index contributed by atoms with van der Waals surface area (Å²) in [5.41, 5.74) is 0.943. The number of nitrogens with one attached hydrogen (secondary N) is 1. The van der Waals surface area contributed by atoms with Crippen LogP contribution in [0.4, 0.5) is 0 Å². The Morgan fingerprint density at radius 1 is 1.33 bits per heavy atom. The number of benzene rings is 1. The summed E-state index contributed by atoms with van der Waals surface area (Å²) in [7, 11) is 0. The predicted octanol–water partition coefficient (Wildman–Crippen LogP) is 1.66. The maximum atomic E-state index is 12.6. The number of nitrogens with zero attached hydrogens (tertiary/aromatic N) is 1. The molecule has 5 heteroatoms. The van der Waals surface area contributed by atoms with E-state index in [-0.39, 0.29) is 23.5 Å². The van der Waals surface area contributed by atoms with Crippen molar-refractivity contribution in [1.29, 1.82) is 0 Å². The molecule has 1 aromatic rings. The van der Waals surface area contributed by atoms with Crippen LogP contribution >= 0.6 is 0 Å². The van der Waals surface area contributed by atoms with Gasteiger partial charge in [0.25, 0.3) is 0 Å². The third kappa shape index (κ3) is 3.74. The lowest BCUT2D eigenvalue weighted by atomic mass is 9.98. The van der Waals surface area contributed by atoms with E-state index < -0.39 is 6.04 Å². The molecule has 0 spiro atoms. The second-order valence-corrected chi connectivity index (χ2v) is 5.61. The zero-order valence-electron chi connectivity index (χ0n) is 12.5. The van der Waals surface area contributed by atoms with Crippen molar-refractivity contribution in [2.45, 2.75) is 39.3 Å². The summed E-state index contributed by atoms with van der Waals surface area (Å²) < 4.78 is 0. The molecule has 0 aliphatic carbocycles. The molecule has 1 heterocycles.